The quantitative estimate of drug-likeness (QED) is 0.0855. The number of benzene rings is 19. The first-order valence-corrected chi connectivity index (χ1v) is 51.4. The Kier molecular flexibility index (Phi) is 21.1. The van der Waals surface area contributed by atoms with Crippen molar-refractivity contribution in [2.45, 2.75) is 38.5 Å². The Morgan fingerprint density at radius 2 is 0.580 bits per heavy atom. The van der Waals surface area contributed by atoms with Crippen LogP contribution in [-0.2, 0) is 10.8 Å². The smallest absolute Gasteiger partial charge is 0.181 e. The highest BCUT2D eigenvalue weighted by Crippen LogP contribution is 2.59. The second-order valence-corrected chi connectivity index (χ2v) is 40.1. The van der Waals surface area contributed by atoms with Crippen molar-refractivity contribution in [1.82, 2.24) is 54.2 Å². The maximum absolute atomic E-state index is 4.98. The minimum absolute atomic E-state index is 0.213. The van der Waals surface area contributed by atoms with Crippen LogP contribution in [-0.4, -0.2) is 73.8 Å². The van der Waals surface area contributed by atoms with Crippen LogP contribution in [0.3, 0.4) is 0 Å². The Morgan fingerprint density at radius 1 is 0.227 bits per heavy atom. The molecule has 0 spiro atoms. The first-order chi connectivity index (χ1) is 74.0. The van der Waals surface area contributed by atoms with Crippen LogP contribution in [0.2, 0.25) is 0 Å². The first kappa shape index (κ1) is 88.4. The van der Waals surface area contributed by atoms with Crippen molar-refractivity contribution in [3.63, 3.8) is 0 Å². The molecule has 14 heteroatoms. The van der Waals surface area contributed by atoms with E-state index in [1.807, 2.05) is 43.0 Å². The van der Waals surface area contributed by atoms with Gasteiger partial charge in [-0.15, -0.1) is 0 Å². The van der Waals surface area contributed by atoms with Gasteiger partial charge in [0, 0.05) is 105 Å². The van der Waals surface area contributed by atoms with E-state index < -0.39 is 0 Å². The number of rotatable bonds is 12. The Morgan fingerprint density at radius 3 is 1.05 bits per heavy atom. The highest BCUT2D eigenvalue weighted by Gasteiger charge is 2.47. The molecule has 0 saturated heterocycles. The highest BCUT2D eigenvalue weighted by molar-refractivity contribution is 6.28. The molecule has 0 atom stereocenters. The minimum atomic E-state index is -0.230. The predicted octanol–water partition coefficient (Wildman–Crippen LogP) is 31.6. The molecule has 23 aromatic rings. The third kappa shape index (κ3) is 14.3. The van der Waals surface area contributed by atoms with E-state index >= 15 is 0 Å². The molecule has 7 aliphatic rings. The summed E-state index contributed by atoms with van der Waals surface area (Å²) in [5.74, 6) is 5.26. The molecule has 14 nitrogen and oxygen atoms in total. The third-order valence-corrected chi connectivity index (χ3v) is 31.2. The zero-order chi connectivity index (χ0) is 99.8. The third-order valence-electron chi connectivity index (χ3n) is 31.2. The van der Waals surface area contributed by atoms with Crippen LogP contribution in [0, 0.1) is 0 Å². The highest BCUT2D eigenvalue weighted by atomic mass is 15.4. The van der Waals surface area contributed by atoms with Crippen molar-refractivity contribution in [3.05, 3.63) is 560 Å². The lowest BCUT2D eigenvalue weighted by Crippen LogP contribution is -2.36. The zero-order valence-electron chi connectivity index (χ0n) is 83.1. The Hall–Kier alpha value is -19.3. The summed E-state index contributed by atoms with van der Waals surface area (Å²) in [7, 11) is 0. The molecule has 6 aliphatic heterocycles. The lowest BCUT2D eigenvalue weighted by atomic mass is 9.59. The monoisotopic (exact) mass is 1930 g/mol. The second-order valence-electron chi connectivity index (χ2n) is 40.1. The molecular formula is C136H98N14. The van der Waals surface area contributed by atoms with Gasteiger partial charge in [0.1, 0.15) is 47.2 Å². The van der Waals surface area contributed by atoms with E-state index in [0.29, 0.717) is 24.0 Å². The van der Waals surface area contributed by atoms with Crippen molar-refractivity contribution < 1.29 is 0 Å². The maximum atomic E-state index is 4.98. The molecule has 0 amide bonds. The Bertz CT molecular complexity index is 9810. The Labute approximate surface area is 868 Å². The molecule has 0 bridgehead atoms. The first-order valence-electron chi connectivity index (χ1n) is 51.4. The molecule has 0 saturated carbocycles. The van der Waals surface area contributed by atoms with Gasteiger partial charge >= 0.3 is 0 Å². The summed E-state index contributed by atoms with van der Waals surface area (Å²) >= 11 is 0. The lowest BCUT2D eigenvalue weighted by Gasteiger charge is -2.44. The van der Waals surface area contributed by atoms with Crippen LogP contribution < -0.4 is 14.7 Å². The molecule has 0 fully saturated rings. The molecule has 4 aromatic heterocycles. The SMILES string of the molecule is C1=CCN2C(=C1)N(c1ccccc1)C(c1ncccn1)=C2c1c2ccccc2c(-c2ccc3ccccc3c2)c2cc3c(cc12)c1ccccc1n3-c1ccccc1.C1=CCN2C(=C1)N(c1ccccc1)C(c1ncncn1)=C2c1cc2ccccc2c2ccccc12.CC1(C)c2ccccc2C(C)(C)c2cc3c(-c4ccc5ccccc5c4)c4ccccc4c(C4=C(c5ncccn5)N(c5ccccc5)C5=CC=CCN54)c3cc21. The number of hydrogen-bond donors (Lipinski definition) is 0. The van der Waals surface area contributed by atoms with E-state index in [2.05, 4.69) is 507 Å². The van der Waals surface area contributed by atoms with E-state index in [1.54, 1.807) is 12.7 Å². The molecule has 0 unspecified atom stereocenters. The minimum Gasteiger partial charge on any atom is -0.321 e. The molecule has 0 N–H and O–H groups in total. The molecule has 0 radical (unpaired) electrons. The maximum Gasteiger partial charge on any atom is 0.181 e. The Balaban J connectivity index is 0.000000112. The molecule has 30 rings (SSSR count). The largest absolute Gasteiger partial charge is 0.321 e. The molecular weight excluding hydrogens is 1830 g/mol. The van der Waals surface area contributed by atoms with Gasteiger partial charge in [-0.3, -0.25) is 14.7 Å². The number of para-hydroxylation sites is 5. The van der Waals surface area contributed by atoms with E-state index in [-0.39, 0.29) is 10.8 Å². The number of hydrogen-bond acceptors (Lipinski definition) is 13. The zero-order valence-corrected chi connectivity index (χ0v) is 83.1. The molecule has 150 heavy (non-hydrogen) atoms. The standard InChI is InChI=1S/C53H35N5.C53H42N4.C30H21N5/c1-3-18-38(19-4-1)57-46-25-12-11-22-40(46)43-33-44-45(34-47(43)57)49(37-28-27-35-16-7-8-17-36(35)32-37)41-23-9-10-24-42(41)50(44)51-52(53-54-29-15-30-55-53)58(39-20-5-2-6-21-39)48-26-13-14-31-56(48)51;1-52(2)42-23-12-13-24-43(42)53(3,4)45-33-41-40(32-44(45)52)47(36-27-26-34-17-8-9-18-35(34)31-36)38-21-10-11-22-39(38)48(41)49-50(51-54-28-16-29-55-51)57(37-19-6-5-7-20-37)46-25-14-15-30-56(46)49;1-2-11-22(12-3-1)35-27-16-8-9-17-34(27)28(29(35)30-32-19-31-20-33-30)26-18-21-10-4-5-13-23(21)24-14-6-7-15-25(24)26/h1-30,32-34H,31H2;5-29,31-33H,30H2,1-4H3;1-16,18-20H,17H2. The van der Waals surface area contributed by atoms with Crippen molar-refractivity contribution in [3.8, 4) is 27.9 Å². The number of fused-ring (bicyclic) bond motifs is 17. The van der Waals surface area contributed by atoms with Gasteiger partial charge in [-0.1, -0.05) is 349 Å². The summed E-state index contributed by atoms with van der Waals surface area (Å²) < 4.78 is 2.43. The van der Waals surface area contributed by atoms with Crippen LogP contribution in [0.4, 0.5) is 17.1 Å². The van der Waals surface area contributed by atoms with Gasteiger partial charge in [0.2, 0.25) is 0 Å². The molecule has 19 aromatic carbocycles. The topological polar surface area (TPSA) is 115 Å². The molecule has 10 heterocycles. The lowest BCUT2D eigenvalue weighted by molar-refractivity contribution is 0.522. The van der Waals surface area contributed by atoms with Gasteiger partial charge < -0.3 is 19.3 Å². The molecule has 1 aliphatic carbocycles. The van der Waals surface area contributed by atoms with Crippen LogP contribution in [0.5, 0.6) is 0 Å². The summed E-state index contributed by atoms with van der Waals surface area (Å²) in [5.41, 5.74) is 26.3. The normalized spacial score (nSPS) is 15.2. The van der Waals surface area contributed by atoms with Crippen molar-refractivity contribution in [2.24, 2.45) is 0 Å². The van der Waals surface area contributed by atoms with Gasteiger partial charge in [-0.2, -0.15) is 0 Å². The summed E-state index contributed by atoms with van der Waals surface area (Å²) in [6, 6.07) is 143. The molecule has 712 valence electrons. The van der Waals surface area contributed by atoms with E-state index in [1.165, 1.54) is 158 Å². The summed E-state index contributed by atoms with van der Waals surface area (Å²) in [4.78, 5) is 47.4. The summed E-state index contributed by atoms with van der Waals surface area (Å²) in [5, 5.41) is 21.9. The fourth-order valence-corrected chi connectivity index (χ4v) is 24.6. The van der Waals surface area contributed by atoms with Crippen LogP contribution in [0.1, 0.15) is 84.1 Å². The van der Waals surface area contributed by atoms with Gasteiger partial charge in [-0.25, -0.2) is 34.9 Å². The predicted molar refractivity (Wildman–Crippen MR) is 618 cm³/mol. The average Bonchev–Trinajstić information content (AvgIpc) is 1.10. The number of nitrogens with zero attached hydrogens (tertiary/aromatic N) is 14. The summed E-state index contributed by atoms with van der Waals surface area (Å²) in [6.45, 7) is 11.8. The van der Waals surface area contributed by atoms with Crippen molar-refractivity contribution in [1.29, 1.82) is 0 Å². The number of aromatic nitrogens is 8. The van der Waals surface area contributed by atoms with Crippen LogP contribution in [0.25, 0.3) is 170 Å². The van der Waals surface area contributed by atoms with Gasteiger partial charge in [0.25, 0.3) is 0 Å². The van der Waals surface area contributed by atoms with E-state index in [9.17, 15) is 0 Å². The van der Waals surface area contributed by atoms with Gasteiger partial charge in [-0.05, 0) is 258 Å². The van der Waals surface area contributed by atoms with Crippen LogP contribution in [0.15, 0.2) is 504 Å². The van der Waals surface area contributed by atoms with Gasteiger partial charge in [0.05, 0.1) is 28.1 Å². The fourth-order valence-electron chi connectivity index (χ4n) is 24.6. The fraction of sp³-hybridized carbons (Fsp3) is 0.0662. The van der Waals surface area contributed by atoms with E-state index in [0.717, 1.165) is 98.6 Å². The second kappa shape index (κ2) is 35.9. The number of anilines is 3. The van der Waals surface area contributed by atoms with Crippen molar-refractivity contribution in [2.75, 3.05) is 34.3 Å². The van der Waals surface area contributed by atoms with E-state index in [4.69, 9.17) is 19.9 Å². The summed E-state index contributed by atoms with van der Waals surface area (Å²) in [6.07, 6.45) is 30.3. The van der Waals surface area contributed by atoms with Crippen LogP contribution >= 0.6 is 0 Å². The van der Waals surface area contributed by atoms with Gasteiger partial charge in [0.15, 0.2) is 17.5 Å². The van der Waals surface area contributed by atoms with Crippen molar-refractivity contribution >= 4 is 159 Å². The average molecular weight is 1930 g/mol. The number of allylic oxidation sites excluding steroid dienone is 6.